The Morgan fingerprint density at radius 1 is 0.871 bits per heavy atom. The number of rotatable bonds is 23. The van der Waals surface area contributed by atoms with Crippen LogP contribution in [-0.2, 0) is 46.4 Å². The molecule has 342 valence electrons. The molecule has 6 amide bonds. The van der Waals surface area contributed by atoms with Gasteiger partial charge in [0, 0.05) is 57.7 Å². The van der Waals surface area contributed by atoms with Crippen LogP contribution in [0.3, 0.4) is 0 Å². The number of hydrogen-bond donors (Lipinski definition) is 4. The van der Waals surface area contributed by atoms with Crippen molar-refractivity contribution in [3.63, 3.8) is 0 Å². The van der Waals surface area contributed by atoms with Crippen molar-refractivity contribution in [3.8, 4) is 0 Å². The fourth-order valence-electron chi connectivity index (χ4n) is 8.09. The molecule has 2 heterocycles. The molecule has 2 unspecified atom stereocenters. The van der Waals surface area contributed by atoms with Crippen molar-refractivity contribution >= 4 is 35.6 Å². The Balaban J connectivity index is 1.36. The number of morpholine rings is 1. The normalized spacial score (nSPS) is 16.8. The van der Waals surface area contributed by atoms with Crippen LogP contribution in [0.4, 0.5) is 4.79 Å². The van der Waals surface area contributed by atoms with E-state index >= 15 is 0 Å². The molecule has 15 nitrogen and oxygen atoms in total. The predicted octanol–water partition coefficient (Wildman–Crippen LogP) is 4.78. The molecular formula is C47H71N7O8. The maximum Gasteiger partial charge on any atom is 0.410 e. The van der Waals surface area contributed by atoms with Gasteiger partial charge in [-0.25, -0.2) is 4.79 Å². The lowest BCUT2D eigenvalue weighted by Crippen LogP contribution is -2.52. The van der Waals surface area contributed by atoms with Crippen LogP contribution in [0.25, 0.3) is 0 Å². The van der Waals surface area contributed by atoms with E-state index in [0.717, 1.165) is 43.4 Å². The van der Waals surface area contributed by atoms with Crippen LogP contribution in [0, 0.1) is 23.7 Å². The van der Waals surface area contributed by atoms with Crippen LogP contribution in [0.2, 0.25) is 0 Å². The molecule has 1 saturated carbocycles. The minimum absolute atomic E-state index is 0.0250. The Morgan fingerprint density at radius 3 is 2.24 bits per heavy atom. The third kappa shape index (κ3) is 17.0. The number of carbonyl (C=O) groups excluding carboxylic acids is 6. The average molecular weight is 862 g/mol. The molecule has 1 aromatic carbocycles. The van der Waals surface area contributed by atoms with Crippen molar-refractivity contribution in [1.29, 1.82) is 0 Å². The van der Waals surface area contributed by atoms with E-state index in [9.17, 15) is 28.8 Å². The van der Waals surface area contributed by atoms with Crippen LogP contribution < -0.4 is 21.3 Å². The van der Waals surface area contributed by atoms with Crippen LogP contribution in [-0.4, -0.2) is 115 Å². The summed E-state index contributed by atoms with van der Waals surface area (Å²) < 4.78 is 11.0. The number of pyridine rings is 1. The average Bonchev–Trinajstić information content (AvgIpc) is 3.28. The van der Waals surface area contributed by atoms with Gasteiger partial charge < -0.3 is 40.5 Å². The summed E-state index contributed by atoms with van der Waals surface area (Å²) in [5, 5.41) is 11.9. The largest absolute Gasteiger partial charge is 0.436 e. The zero-order chi connectivity index (χ0) is 44.9. The first kappa shape index (κ1) is 49.6. The summed E-state index contributed by atoms with van der Waals surface area (Å²) in [5.41, 5.74) is 1.50. The highest BCUT2D eigenvalue weighted by Gasteiger charge is 2.32. The summed E-state index contributed by atoms with van der Waals surface area (Å²) >= 11 is 0. The van der Waals surface area contributed by atoms with Crippen LogP contribution >= 0.6 is 0 Å². The Bertz CT molecular complexity index is 1700. The lowest BCUT2D eigenvalue weighted by molar-refractivity contribution is -0.135. The Morgan fingerprint density at radius 2 is 1.58 bits per heavy atom. The third-order valence-corrected chi connectivity index (χ3v) is 12.2. The molecule has 0 bridgehead atoms. The molecular weight excluding hydrogens is 791 g/mol. The lowest BCUT2D eigenvalue weighted by Gasteiger charge is -2.30. The summed E-state index contributed by atoms with van der Waals surface area (Å²) in [4.78, 5) is 87.7. The minimum Gasteiger partial charge on any atom is -0.436 e. The molecule has 2 aromatic rings. The van der Waals surface area contributed by atoms with Crippen molar-refractivity contribution in [2.75, 3.05) is 46.4 Å². The van der Waals surface area contributed by atoms with Crippen LogP contribution in [0.15, 0.2) is 54.7 Å². The van der Waals surface area contributed by atoms with E-state index in [1.165, 1.54) is 18.4 Å². The zero-order valence-electron chi connectivity index (χ0n) is 37.6. The molecule has 1 aliphatic heterocycles. The number of benzene rings is 1. The number of hydrogen-bond acceptors (Lipinski definition) is 9. The number of nitrogens with one attached hydrogen (secondary N) is 4. The highest BCUT2D eigenvalue weighted by Crippen LogP contribution is 2.29. The Hall–Kier alpha value is -5.05. The highest BCUT2D eigenvalue weighted by molar-refractivity contribution is 5.89. The number of nitrogens with zero attached hydrogens (tertiary/aromatic N) is 3. The van der Waals surface area contributed by atoms with Gasteiger partial charge in [0.15, 0.2) is 6.10 Å². The van der Waals surface area contributed by atoms with Gasteiger partial charge in [-0.05, 0) is 54.7 Å². The molecule has 2 fully saturated rings. The number of amides is 6. The molecule has 1 aromatic heterocycles. The molecule has 4 N–H and O–H groups in total. The van der Waals surface area contributed by atoms with E-state index in [-0.39, 0.29) is 74.0 Å². The zero-order valence-corrected chi connectivity index (χ0v) is 37.6. The van der Waals surface area contributed by atoms with Crippen molar-refractivity contribution in [1.82, 2.24) is 36.1 Å². The quantitative estimate of drug-likeness (QED) is 0.122. The maximum absolute atomic E-state index is 13.9. The molecule has 2 aliphatic rings. The molecule has 0 spiro atoms. The highest BCUT2D eigenvalue weighted by atomic mass is 16.6. The van der Waals surface area contributed by atoms with E-state index in [4.69, 9.17) is 9.47 Å². The molecule has 1 aliphatic carbocycles. The van der Waals surface area contributed by atoms with Gasteiger partial charge in [-0.3, -0.25) is 29.0 Å². The minimum atomic E-state index is -1.23. The van der Waals surface area contributed by atoms with E-state index in [2.05, 4.69) is 26.3 Å². The second-order valence-electron chi connectivity index (χ2n) is 17.3. The summed E-state index contributed by atoms with van der Waals surface area (Å²) in [6.45, 7) is 9.94. The predicted molar refractivity (Wildman–Crippen MR) is 236 cm³/mol. The smallest absolute Gasteiger partial charge is 0.410 e. The van der Waals surface area contributed by atoms with Gasteiger partial charge in [0.05, 0.1) is 32.0 Å². The maximum atomic E-state index is 13.9. The van der Waals surface area contributed by atoms with Gasteiger partial charge in [-0.15, -0.1) is 0 Å². The van der Waals surface area contributed by atoms with Crippen molar-refractivity contribution in [3.05, 3.63) is 66.0 Å². The van der Waals surface area contributed by atoms with Gasteiger partial charge in [0.25, 0.3) is 5.91 Å². The molecule has 0 radical (unpaired) electrons. The van der Waals surface area contributed by atoms with Crippen molar-refractivity contribution < 1.29 is 38.2 Å². The van der Waals surface area contributed by atoms with Gasteiger partial charge in [-0.2, -0.15) is 0 Å². The number of ether oxygens (including phenoxy) is 2. The molecule has 1 saturated heterocycles. The SMILES string of the molecule is CC[C@@H](C)C(NC(=O)[C@@H](CCC(CC1CCCCC1)NC(=O)CNC(=O)[C@H](Cc1ccccc1)OC(=O)N(C)CCC(=O)N1CCOCC1)C(C)C)C(=O)NCc1ccccn1. The first-order chi connectivity index (χ1) is 29.8. The fraction of sp³-hybridized carbons (Fsp3) is 0.638. The summed E-state index contributed by atoms with van der Waals surface area (Å²) in [5.74, 6) is -1.63. The first-order valence-corrected chi connectivity index (χ1v) is 22.7. The fourth-order valence-corrected chi connectivity index (χ4v) is 8.09. The standard InChI is InChI=1S/C47H71N7O8/c1-6-34(4)43(46(59)49-31-38-19-13-14-23-48-38)52-44(57)39(33(2)3)21-20-37(29-35-15-9-7-10-16-35)51-41(55)32-50-45(58)40(30-36-17-11-8-12-18-36)62-47(60)53(5)24-22-42(56)54-25-27-61-28-26-54/h8,11-14,17-19,23,33-35,37,39-40,43H,6-7,9-10,15-16,20-22,24-32H2,1-5H3,(H,49,59)(H,50,58)(H,51,55)(H,52,57)/t34-,37?,39+,40+,43?/m1/s1. The van der Waals surface area contributed by atoms with Gasteiger partial charge in [0.1, 0.15) is 6.04 Å². The van der Waals surface area contributed by atoms with E-state index in [1.807, 2.05) is 76.2 Å². The van der Waals surface area contributed by atoms with E-state index < -0.39 is 30.1 Å². The second-order valence-corrected chi connectivity index (χ2v) is 17.3. The van der Waals surface area contributed by atoms with Crippen LogP contribution in [0.1, 0.15) is 103 Å². The molecule has 15 heteroatoms. The molecule has 4 rings (SSSR count). The number of carbonyl (C=O) groups is 6. The van der Waals surface area contributed by atoms with Crippen molar-refractivity contribution in [2.24, 2.45) is 23.7 Å². The van der Waals surface area contributed by atoms with Gasteiger partial charge >= 0.3 is 6.09 Å². The van der Waals surface area contributed by atoms with Crippen LogP contribution in [0.5, 0.6) is 0 Å². The Labute approximate surface area is 368 Å². The van der Waals surface area contributed by atoms with E-state index in [0.29, 0.717) is 51.5 Å². The second kappa shape index (κ2) is 26.4. The first-order valence-electron chi connectivity index (χ1n) is 22.7. The number of aromatic nitrogens is 1. The summed E-state index contributed by atoms with van der Waals surface area (Å²) in [6, 6.07) is 13.7. The molecule has 5 atom stereocenters. The van der Waals surface area contributed by atoms with Crippen molar-refractivity contribution in [2.45, 2.75) is 123 Å². The summed E-state index contributed by atoms with van der Waals surface area (Å²) in [6.07, 6.45) is 8.00. The van der Waals surface area contributed by atoms with E-state index in [1.54, 1.807) is 11.1 Å². The monoisotopic (exact) mass is 862 g/mol. The summed E-state index contributed by atoms with van der Waals surface area (Å²) in [7, 11) is 1.52. The Kier molecular flexibility index (Phi) is 21.1. The van der Waals surface area contributed by atoms with Gasteiger partial charge in [-0.1, -0.05) is 103 Å². The lowest BCUT2D eigenvalue weighted by atomic mass is 9.82. The van der Waals surface area contributed by atoms with Gasteiger partial charge in [0.2, 0.25) is 23.6 Å². The molecule has 62 heavy (non-hydrogen) atoms. The topological polar surface area (TPSA) is 188 Å². The third-order valence-electron chi connectivity index (χ3n) is 12.2.